The summed E-state index contributed by atoms with van der Waals surface area (Å²) in [4.78, 5) is 15.8. The summed E-state index contributed by atoms with van der Waals surface area (Å²) in [6.07, 6.45) is 1.69. The molecular formula is C11H11BrN2O2. The zero-order chi connectivity index (χ0) is 11.7. The third-order valence-electron chi connectivity index (χ3n) is 2.25. The molecule has 0 saturated carbocycles. The maximum Gasteiger partial charge on any atom is 0.358 e. The average molecular weight is 283 g/mol. The summed E-state index contributed by atoms with van der Waals surface area (Å²) >= 11 is 3.40. The van der Waals surface area contributed by atoms with Crippen molar-refractivity contribution in [3.05, 3.63) is 34.2 Å². The Morgan fingerprint density at radius 2 is 2.31 bits per heavy atom. The van der Waals surface area contributed by atoms with Crippen molar-refractivity contribution in [3.63, 3.8) is 0 Å². The van der Waals surface area contributed by atoms with Crippen LogP contribution in [0, 0.1) is 6.92 Å². The Balaban J connectivity index is 2.55. The highest BCUT2D eigenvalue weighted by atomic mass is 79.9. The topological polar surface area (TPSA) is 43.6 Å². The Labute approximate surface area is 101 Å². The van der Waals surface area contributed by atoms with E-state index in [2.05, 4.69) is 20.9 Å². The van der Waals surface area contributed by atoms with Crippen LogP contribution in [0.25, 0.3) is 5.65 Å². The van der Waals surface area contributed by atoms with E-state index >= 15 is 0 Å². The lowest BCUT2D eigenvalue weighted by molar-refractivity contribution is 0.0520. The molecule has 0 bridgehead atoms. The molecule has 2 heterocycles. The van der Waals surface area contributed by atoms with Crippen LogP contribution >= 0.6 is 15.9 Å². The lowest BCUT2D eigenvalue weighted by atomic mass is 10.4. The third kappa shape index (κ3) is 1.82. The van der Waals surface area contributed by atoms with Crippen LogP contribution in [0.2, 0.25) is 0 Å². The normalized spacial score (nSPS) is 10.7. The molecule has 0 unspecified atom stereocenters. The fourth-order valence-corrected chi connectivity index (χ4v) is 1.88. The lowest BCUT2D eigenvalue weighted by Gasteiger charge is -1.99. The first-order valence-corrected chi connectivity index (χ1v) is 5.74. The fraction of sp³-hybridized carbons (Fsp3) is 0.273. The highest BCUT2D eigenvalue weighted by molar-refractivity contribution is 9.10. The first kappa shape index (κ1) is 11.1. The number of hydrogen-bond acceptors (Lipinski definition) is 3. The maximum absolute atomic E-state index is 11.5. The van der Waals surface area contributed by atoms with E-state index in [-0.39, 0.29) is 0 Å². The number of carbonyl (C=O) groups excluding carboxylic acids is 1. The molecule has 0 aliphatic carbocycles. The van der Waals surface area contributed by atoms with E-state index in [0.29, 0.717) is 12.3 Å². The number of imidazole rings is 1. The summed E-state index contributed by atoms with van der Waals surface area (Å²) in [5.41, 5.74) is 2.07. The van der Waals surface area contributed by atoms with E-state index in [1.54, 1.807) is 13.1 Å². The lowest BCUT2D eigenvalue weighted by Crippen LogP contribution is -2.04. The second-order valence-electron chi connectivity index (χ2n) is 3.36. The van der Waals surface area contributed by atoms with Crippen molar-refractivity contribution < 1.29 is 9.53 Å². The summed E-state index contributed by atoms with van der Waals surface area (Å²) in [6.45, 7) is 4.08. The minimum absolute atomic E-state index is 0.330. The van der Waals surface area contributed by atoms with Gasteiger partial charge in [0.2, 0.25) is 0 Å². The number of rotatable bonds is 2. The minimum Gasteiger partial charge on any atom is -0.461 e. The van der Waals surface area contributed by atoms with Crippen LogP contribution in [-0.4, -0.2) is 22.0 Å². The number of aromatic nitrogens is 2. The fourth-order valence-electron chi connectivity index (χ4n) is 1.47. The van der Waals surface area contributed by atoms with Crippen LogP contribution in [0.4, 0.5) is 0 Å². The second kappa shape index (κ2) is 4.25. The Hall–Kier alpha value is -1.36. The van der Waals surface area contributed by atoms with Gasteiger partial charge >= 0.3 is 5.97 Å². The Bertz CT molecular complexity index is 509. The number of aryl methyl sites for hydroxylation is 1. The molecule has 0 aromatic carbocycles. The Kier molecular flexibility index (Phi) is 2.96. The van der Waals surface area contributed by atoms with Crippen molar-refractivity contribution in [1.82, 2.24) is 9.38 Å². The summed E-state index contributed by atoms with van der Waals surface area (Å²) in [7, 11) is 0. The van der Waals surface area contributed by atoms with E-state index in [9.17, 15) is 4.79 Å². The third-order valence-corrected chi connectivity index (χ3v) is 2.87. The number of pyridine rings is 1. The van der Waals surface area contributed by atoms with Crippen LogP contribution in [0.5, 0.6) is 0 Å². The van der Waals surface area contributed by atoms with Gasteiger partial charge in [-0.1, -0.05) is 0 Å². The predicted molar refractivity (Wildman–Crippen MR) is 63.6 cm³/mol. The quantitative estimate of drug-likeness (QED) is 0.796. The molecule has 0 aliphatic heterocycles. The minimum atomic E-state index is -0.391. The van der Waals surface area contributed by atoms with Crippen LogP contribution in [0.3, 0.4) is 0 Å². The van der Waals surface area contributed by atoms with Gasteiger partial charge < -0.3 is 9.14 Å². The summed E-state index contributed by atoms with van der Waals surface area (Å²) in [6, 6.07) is 3.86. The molecule has 0 atom stereocenters. The number of nitrogens with zero attached hydrogens (tertiary/aromatic N) is 2. The maximum atomic E-state index is 11.5. The zero-order valence-electron chi connectivity index (χ0n) is 9.03. The number of fused-ring (bicyclic) bond motifs is 1. The second-order valence-corrected chi connectivity index (χ2v) is 4.22. The molecule has 4 nitrogen and oxygen atoms in total. The largest absolute Gasteiger partial charge is 0.461 e. The van der Waals surface area contributed by atoms with Gasteiger partial charge in [-0.05, 0) is 41.9 Å². The standard InChI is InChI=1S/C11H11BrN2O2/c1-3-16-11(15)9-6-14-7(2)4-5-8(12)10(14)13-9/h4-6H,3H2,1-2H3. The van der Waals surface area contributed by atoms with Gasteiger partial charge in [0.15, 0.2) is 11.3 Å². The van der Waals surface area contributed by atoms with Crippen molar-refractivity contribution in [1.29, 1.82) is 0 Å². The first-order chi connectivity index (χ1) is 7.63. The number of esters is 1. The van der Waals surface area contributed by atoms with Gasteiger partial charge in [0.1, 0.15) is 0 Å². The molecule has 16 heavy (non-hydrogen) atoms. The van der Waals surface area contributed by atoms with Crippen molar-refractivity contribution in [2.45, 2.75) is 13.8 Å². The molecule has 0 amide bonds. The summed E-state index contributed by atoms with van der Waals surface area (Å²) < 4.78 is 7.62. The molecule has 5 heteroatoms. The average Bonchev–Trinajstić information content (AvgIpc) is 2.70. The number of halogens is 1. The smallest absolute Gasteiger partial charge is 0.358 e. The van der Waals surface area contributed by atoms with E-state index in [4.69, 9.17) is 4.74 Å². The SMILES string of the molecule is CCOC(=O)c1cn2c(C)ccc(Br)c2n1. The van der Waals surface area contributed by atoms with E-state index in [0.717, 1.165) is 15.8 Å². The van der Waals surface area contributed by atoms with Crippen molar-refractivity contribution in [3.8, 4) is 0 Å². The highest BCUT2D eigenvalue weighted by Gasteiger charge is 2.13. The monoisotopic (exact) mass is 282 g/mol. The van der Waals surface area contributed by atoms with Gasteiger partial charge in [0.25, 0.3) is 0 Å². The zero-order valence-corrected chi connectivity index (χ0v) is 10.6. The van der Waals surface area contributed by atoms with Crippen LogP contribution in [0.1, 0.15) is 23.1 Å². The summed E-state index contributed by atoms with van der Waals surface area (Å²) in [5, 5.41) is 0. The number of carbonyl (C=O) groups is 1. The van der Waals surface area contributed by atoms with Gasteiger partial charge in [-0.15, -0.1) is 0 Å². The predicted octanol–water partition coefficient (Wildman–Crippen LogP) is 2.58. The Morgan fingerprint density at radius 3 is 2.94 bits per heavy atom. The van der Waals surface area contributed by atoms with Crippen molar-refractivity contribution in [2.75, 3.05) is 6.61 Å². The van der Waals surface area contributed by atoms with E-state index in [1.807, 2.05) is 23.5 Å². The number of hydrogen-bond donors (Lipinski definition) is 0. The van der Waals surface area contributed by atoms with Crippen molar-refractivity contribution in [2.24, 2.45) is 0 Å². The van der Waals surface area contributed by atoms with Crippen molar-refractivity contribution >= 4 is 27.5 Å². The van der Waals surface area contributed by atoms with Gasteiger partial charge in [0, 0.05) is 11.9 Å². The molecule has 2 aromatic heterocycles. The molecule has 0 saturated heterocycles. The number of ether oxygens (including phenoxy) is 1. The molecule has 0 N–H and O–H groups in total. The molecule has 0 radical (unpaired) electrons. The van der Waals surface area contributed by atoms with Crippen LogP contribution < -0.4 is 0 Å². The molecule has 84 valence electrons. The van der Waals surface area contributed by atoms with Gasteiger partial charge in [-0.2, -0.15) is 0 Å². The molecule has 2 rings (SSSR count). The van der Waals surface area contributed by atoms with Crippen LogP contribution in [-0.2, 0) is 4.74 Å². The molecular weight excluding hydrogens is 272 g/mol. The first-order valence-electron chi connectivity index (χ1n) is 4.94. The van der Waals surface area contributed by atoms with E-state index in [1.165, 1.54) is 0 Å². The molecule has 0 spiro atoms. The highest BCUT2D eigenvalue weighted by Crippen LogP contribution is 2.19. The molecule has 0 fully saturated rings. The van der Waals surface area contributed by atoms with Gasteiger partial charge in [0.05, 0.1) is 11.1 Å². The van der Waals surface area contributed by atoms with Crippen LogP contribution in [0.15, 0.2) is 22.8 Å². The molecule has 2 aromatic rings. The molecule has 0 aliphatic rings. The summed E-state index contributed by atoms with van der Waals surface area (Å²) in [5.74, 6) is -0.391. The van der Waals surface area contributed by atoms with Gasteiger partial charge in [-0.25, -0.2) is 9.78 Å². The Morgan fingerprint density at radius 1 is 1.56 bits per heavy atom. The van der Waals surface area contributed by atoms with E-state index < -0.39 is 5.97 Å². The van der Waals surface area contributed by atoms with Gasteiger partial charge in [-0.3, -0.25) is 0 Å².